The van der Waals surface area contributed by atoms with Gasteiger partial charge in [-0.2, -0.15) is 0 Å². The Morgan fingerprint density at radius 1 is 1.55 bits per heavy atom. The summed E-state index contributed by atoms with van der Waals surface area (Å²) in [6, 6.07) is 7.04. The second-order valence-corrected chi connectivity index (χ2v) is 5.09. The van der Waals surface area contributed by atoms with Crippen LogP contribution in [-0.2, 0) is 4.74 Å². The number of carbonyl (C=O) groups excluding carboxylic acids is 1. The molecule has 2 N–H and O–H groups in total. The largest absolute Gasteiger partial charge is 0.494 e. The molecule has 0 radical (unpaired) electrons. The number of benzene rings is 1. The van der Waals surface area contributed by atoms with Gasteiger partial charge in [-0.1, -0.05) is 13.0 Å². The maximum atomic E-state index is 12.1. The highest BCUT2D eigenvalue weighted by molar-refractivity contribution is 5.94. The van der Waals surface area contributed by atoms with E-state index in [0.717, 1.165) is 6.42 Å². The molecule has 1 heterocycles. The minimum Gasteiger partial charge on any atom is -0.494 e. The van der Waals surface area contributed by atoms with Gasteiger partial charge in [-0.05, 0) is 24.6 Å². The van der Waals surface area contributed by atoms with Crippen molar-refractivity contribution in [3.05, 3.63) is 29.8 Å². The zero-order valence-electron chi connectivity index (χ0n) is 11.7. The third-order valence-electron chi connectivity index (χ3n) is 3.23. The Labute approximate surface area is 118 Å². The summed E-state index contributed by atoms with van der Waals surface area (Å²) in [6.07, 6.45) is 1.47. The fraction of sp³-hybridized carbons (Fsp3) is 0.533. The van der Waals surface area contributed by atoms with Gasteiger partial charge in [-0.15, -0.1) is 0 Å². The lowest BCUT2D eigenvalue weighted by Gasteiger charge is -2.20. The van der Waals surface area contributed by atoms with Gasteiger partial charge in [0, 0.05) is 25.1 Å². The third-order valence-corrected chi connectivity index (χ3v) is 3.23. The van der Waals surface area contributed by atoms with Crippen LogP contribution in [0.2, 0.25) is 0 Å². The maximum Gasteiger partial charge on any atom is 0.251 e. The van der Waals surface area contributed by atoms with Crippen molar-refractivity contribution in [2.24, 2.45) is 0 Å². The van der Waals surface area contributed by atoms with Crippen LogP contribution in [0.5, 0.6) is 5.75 Å². The molecule has 0 aliphatic carbocycles. The van der Waals surface area contributed by atoms with Crippen molar-refractivity contribution in [1.29, 1.82) is 0 Å². The Morgan fingerprint density at radius 2 is 2.40 bits per heavy atom. The van der Waals surface area contributed by atoms with E-state index in [1.807, 2.05) is 13.0 Å². The van der Waals surface area contributed by atoms with E-state index in [0.29, 0.717) is 30.9 Å². The van der Waals surface area contributed by atoms with Crippen LogP contribution in [0.25, 0.3) is 0 Å². The topological polar surface area (TPSA) is 67.8 Å². The highest BCUT2D eigenvalue weighted by Crippen LogP contribution is 2.18. The highest BCUT2D eigenvalue weighted by atomic mass is 16.5. The molecule has 5 heteroatoms. The van der Waals surface area contributed by atoms with Gasteiger partial charge in [0.15, 0.2) is 0 Å². The van der Waals surface area contributed by atoms with Crippen LogP contribution in [0, 0.1) is 0 Å². The van der Waals surface area contributed by atoms with Crippen molar-refractivity contribution < 1.29 is 19.4 Å². The summed E-state index contributed by atoms with van der Waals surface area (Å²) in [5.74, 6) is 0.467. The predicted molar refractivity (Wildman–Crippen MR) is 74.9 cm³/mol. The van der Waals surface area contributed by atoms with Crippen LogP contribution in [0.15, 0.2) is 24.3 Å². The number of aliphatic hydroxyl groups is 1. The maximum absolute atomic E-state index is 12.1. The molecule has 0 aromatic heterocycles. The molecule has 110 valence electrons. The molecule has 1 saturated heterocycles. The van der Waals surface area contributed by atoms with E-state index in [9.17, 15) is 9.90 Å². The standard InChI is InChI=1S/C15H21NO4/c1-2-7-20-13-5-3-4-12(9-13)14(17)16-10-15(18)6-8-19-11-15/h3-5,9,18H,2,6-8,10-11H2,1H3,(H,16,17). The van der Waals surface area contributed by atoms with E-state index in [4.69, 9.17) is 9.47 Å². The molecule has 0 saturated carbocycles. The van der Waals surface area contributed by atoms with Gasteiger partial charge in [0.2, 0.25) is 0 Å². The molecule has 1 aliphatic heterocycles. The summed E-state index contributed by atoms with van der Waals surface area (Å²) in [4.78, 5) is 12.1. The first kappa shape index (κ1) is 14.8. The lowest BCUT2D eigenvalue weighted by Crippen LogP contribution is -2.43. The van der Waals surface area contributed by atoms with Gasteiger partial charge in [0.1, 0.15) is 11.4 Å². The molecule has 1 fully saturated rings. The number of hydrogen-bond acceptors (Lipinski definition) is 4. The number of nitrogens with one attached hydrogen (secondary N) is 1. The van der Waals surface area contributed by atoms with Crippen LogP contribution in [-0.4, -0.2) is 43.0 Å². The van der Waals surface area contributed by atoms with Gasteiger partial charge in [-0.25, -0.2) is 0 Å². The van der Waals surface area contributed by atoms with Gasteiger partial charge >= 0.3 is 0 Å². The average Bonchev–Trinajstić information content (AvgIpc) is 2.90. The van der Waals surface area contributed by atoms with E-state index in [1.165, 1.54) is 0 Å². The van der Waals surface area contributed by atoms with E-state index in [2.05, 4.69) is 5.32 Å². The zero-order chi connectivity index (χ0) is 14.4. The predicted octanol–water partition coefficient (Wildman–Crippen LogP) is 1.36. The van der Waals surface area contributed by atoms with Crippen molar-refractivity contribution in [3.63, 3.8) is 0 Å². The molecule has 20 heavy (non-hydrogen) atoms. The molecule has 0 bridgehead atoms. The number of ether oxygens (including phenoxy) is 2. The van der Waals surface area contributed by atoms with Gasteiger partial charge < -0.3 is 19.9 Å². The molecule has 0 spiro atoms. The number of rotatable bonds is 6. The van der Waals surface area contributed by atoms with Gasteiger partial charge in [0.25, 0.3) is 5.91 Å². The molecule has 1 aromatic carbocycles. The number of amides is 1. The summed E-state index contributed by atoms with van der Waals surface area (Å²) in [6.45, 7) is 3.66. The zero-order valence-corrected chi connectivity index (χ0v) is 11.7. The quantitative estimate of drug-likeness (QED) is 0.825. The Kier molecular flexibility index (Phi) is 4.98. The molecule has 1 atom stereocenters. The minimum absolute atomic E-state index is 0.200. The number of carbonyl (C=O) groups is 1. The first-order valence-electron chi connectivity index (χ1n) is 6.94. The lowest BCUT2D eigenvalue weighted by molar-refractivity contribution is 0.0264. The molecule has 2 rings (SSSR count). The van der Waals surface area contributed by atoms with E-state index < -0.39 is 5.60 Å². The van der Waals surface area contributed by atoms with Crippen molar-refractivity contribution in [3.8, 4) is 5.75 Å². The second kappa shape index (κ2) is 6.72. The monoisotopic (exact) mass is 279 g/mol. The van der Waals surface area contributed by atoms with E-state index >= 15 is 0 Å². The Morgan fingerprint density at radius 3 is 3.10 bits per heavy atom. The van der Waals surface area contributed by atoms with E-state index in [1.54, 1.807) is 18.2 Å². The average molecular weight is 279 g/mol. The highest BCUT2D eigenvalue weighted by Gasteiger charge is 2.32. The molecule has 1 aromatic rings. The van der Waals surface area contributed by atoms with Crippen molar-refractivity contribution >= 4 is 5.91 Å². The molecular formula is C15H21NO4. The summed E-state index contributed by atoms with van der Waals surface area (Å²) in [5.41, 5.74) is -0.410. The SMILES string of the molecule is CCCOc1cccc(C(=O)NCC2(O)CCOC2)c1. The smallest absolute Gasteiger partial charge is 0.251 e. The van der Waals surface area contributed by atoms with Crippen LogP contribution in [0.4, 0.5) is 0 Å². The molecule has 1 amide bonds. The van der Waals surface area contributed by atoms with Crippen LogP contribution in [0.3, 0.4) is 0 Å². The summed E-state index contributed by atoms with van der Waals surface area (Å²) >= 11 is 0. The summed E-state index contributed by atoms with van der Waals surface area (Å²) < 4.78 is 10.6. The first-order valence-corrected chi connectivity index (χ1v) is 6.94. The van der Waals surface area contributed by atoms with Gasteiger partial charge in [-0.3, -0.25) is 4.79 Å². The Hall–Kier alpha value is -1.59. The fourth-order valence-corrected chi connectivity index (χ4v) is 2.03. The van der Waals surface area contributed by atoms with Crippen LogP contribution in [0.1, 0.15) is 30.1 Å². The number of hydrogen-bond donors (Lipinski definition) is 2. The van der Waals surface area contributed by atoms with Crippen molar-refractivity contribution in [2.45, 2.75) is 25.4 Å². The Balaban J connectivity index is 1.91. The fourth-order valence-electron chi connectivity index (χ4n) is 2.03. The van der Waals surface area contributed by atoms with Gasteiger partial charge in [0.05, 0.1) is 13.2 Å². The molecule has 1 aliphatic rings. The van der Waals surface area contributed by atoms with Crippen molar-refractivity contribution in [1.82, 2.24) is 5.32 Å². The lowest BCUT2D eigenvalue weighted by atomic mass is 10.0. The normalized spacial score (nSPS) is 21.7. The first-order chi connectivity index (χ1) is 9.63. The minimum atomic E-state index is -0.939. The summed E-state index contributed by atoms with van der Waals surface area (Å²) in [7, 11) is 0. The molecule has 1 unspecified atom stereocenters. The second-order valence-electron chi connectivity index (χ2n) is 5.09. The summed E-state index contributed by atoms with van der Waals surface area (Å²) in [5, 5.41) is 12.8. The van der Waals surface area contributed by atoms with Crippen LogP contribution >= 0.6 is 0 Å². The van der Waals surface area contributed by atoms with E-state index in [-0.39, 0.29) is 19.1 Å². The Bertz CT molecular complexity index is 455. The molecular weight excluding hydrogens is 258 g/mol. The molecule has 5 nitrogen and oxygen atoms in total. The third kappa shape index (κ3) is 3.95. The van der Waals surface area contributed by atoms with Crippen molar-refractivity contribution in [2.75, 3.05) is 26.4 Å². The van der Waals surface area contributed by atoms with Crippen LogP contribution < -0.4 is 10.1 Å².